The minimum absolute atomic E-state index is 0.0398. The maximum Gasteiger partial charge on any atom is 0.499 e. The molecule has 5 atom stereocenters. The predicted molar refractivity (Wildman–Crippen MR) is 142 cm³/mol. The monoisotopic (exact) mass is 600 g/mol. The number of halogens is 5. The van der Waals surface area contributed by atoms with Crippen molar-refractivity contribution in [1.82, 2.24) is 9.78 Å². The number of aliphatic hydroxyl groups is 1. The Morgan fingerprint density at radius 3 is 2.26 bits per heavy atom. The number of alkyl halides is 5. The van der Waals surface area contributed by atoms with Crippen molar-refractivity contribution in [2.75, 3.05) is 21.3 Å². The normalized spacial score (nSPS) is 24.1. The highest BCUT2D eigenvalue weighted by atomic mass is 19.4. The van der Waals surface area contributed by atoms with Crippen LogP contribution in [0.25, 0.3) is 16.9 Å². The van der Waals surface area contributed by atoms with E-state index in [0.29, 0.717) is 24.2 Å². The number of hydrogen-bond donors (Lipinski definition) is 1. The van der Waals surface area contributed by atoms with Gasteiger partial charge in [-0.05, 0) is 67.3 Å². The molecule has 0 bridgehead atoms. The van der Waals surface area contributed by atoms with E-state index in [2.05, 4.69) is 15.9 Å². The van der Waals surface area contributed by atoms with Gasteiger partial charge in [-0.3, -0.25) is 0 Å². The first-order chi connectivity index (χ1) is 20.0. The lowest BCUT2D eigenvalue weighted by molar-refractivity contribution is -0.360. The molecule has 1 aliphatic heterocycles. The number of ether oxygens (including phenoxy) is 5. The Kier molecular flexibility index (Phi) is 9.88. The van der Waals surface area contributed by atoms with Crippen LogP contribution in [0.5, 0.6) is 5.75 Å². The number of rotatable bonds is 8. The third-order valence-electron chi connectivity index (χ3n) is 7.20. The minimum atomic E-state index is -5.81. The zero-order valence-corrected chi connectivity index (χ0v) is 23.5. The van der Waals surface area contributed by atoms with Crippen molar-refractivity contribution in [3.63, 3.8) is 0 Å². The summed E-state index contributed by atoms with van der Waals surface area (Å²) in [4.78, 5) is 0. The second-order valence-corrected chi connectivity index (χ2v) is 9.89. The molecule has 13 heteroatoms. The summed E-state index contributed by atoms with van der Waals surface area (Å²) in [5.41, 5.74) is 4.35. The molecule has 230 valence electrons. The van der Waals surface area contributed by atoms with Crippen molar-refractivity contribution in [3.8, 4) is 22.7 Å². The van der Waals surface area contributed by atoms with Crippen molar-refractivity contribution < 1.29 is 50.7 Å². The minimum Gasteiger partial charge on any atom is -0.426 e. The Hall–Kier alpha value is -3.10. The molecule has 2 heterocycles. The fourth-order valence-electron chi connectivity index (χ4n) is 5.20. The summed E-state index contributed by atoms with van der Waals surface area (Å²) in [5.74, 6) is -0.613. The van der Waals surface area contributed by atoms with Gasteiger partial charge in [0.1, 0.15) is 11.9 Å². The Bertz CT molecular complexity index is 1320. The summed E-state index contributed by atoms with van der Waals surface area (Å²) in [6.07, 6.45) is -8.24. The predicted octanol–water partition coefficient (Wildman–Crippen LogP) is 5.33. The molecule has 2 aliphatic rings. The molecule has 1 aromatic heterocycles. The smallest absolute Gasteiger partial charge is 0.426 e. The quantitative estimate of drug-likeness (QED) is 0.350. The average Bonchev–Trinajstić information content (AvgIpc) is 3.60. The molecule has 42 heavy (non-hydrogen) atoms. The van der Waals surface area contributed by atoms with Gasteiger partial charge in [0.25, 0.3) is 0 Å². The van der Waals surface area contributed by atoms with E-state index in [1.165, 1.54) is 22.4 Å². The lowest BCUT2D eigenvalue weighted by Gasteiger charge is -2.39. The summed E-state index contributed by atoms with van der Waals surface area (Å²) in [6.45, 7) is 1.94. The largest absolute Gasteiger partial charge is 0.499 e. The van der Waals surface area contributed by atoms with Crippen molar-refractivity contribution in [1.29, 1.82) is 0 Å². The highest BCUT2D eigenvalue weighted by Gasteiger charge is 2.61. The highest BCUT2D eigenvalue weighted by Crippen LogP contribution is 2.37. The number of aromatic nitrogens is 2. The van der Waals surface area contributed by atoms with Crippen LogP contribution in [0.3, 0.4) is 0 Å². The van der Waals surface area contributed by atoms with Crippen LogP contribution in [0, 0.1) is 0 Å². The van der Waals surface area contributed by atoms with E-state index in [0.717, 1.165) is 36.8 Å². The number of benzene rings is 2. The molecule has 0 spiro atoms. The van der Waals surface area contributed by atoms with E-state index >= 15 is 0 Å². The van der Waals surface area contributed by atoms with Crippen molar-refractivity contribution in [2.24, 2.45) is 0 Å². The maximum absolute atomic E-state index is 13.2. The Labute approximate surface area is 239 Å². The summed E-state index contributed by atoms with van der Waals surface area (Å²) < 4.78 is 92.3. The number of aliphatic hydroxyl groups excluding tert-OH is 1. The van der Waals surface area contributed by atoms with Crippen LogP contribution in [0.15, 0.2) is 54.7 Å². The number of nitrogens with zero attached hydrogens (tertiary/aromatic N) is 2. The van der Waals surface area contributed by atoms with E-state index < -0.39 is 24.3 Å². The molecule has 8 nitrogen and oxygen atoms in total. The zero-order valence-electron chi connectivity index (χ0n) is 23.5. The van der Waals surface area contributed by atoms with Crippen LogP contribution in [0.4, 0.5) is 22.0 Å². The van der Waals surface area contributed by atoms with Crippen LogP contribution in [0.1, 0.15) is 24.5 Å². The number of methoxy groups -OCH3 is 2. The highest BCUT2D eigenvalue weighted by molar-refractivity contribution is 5.62. The summed E-state index contributed by atoms with van der Waals surface area (Å²) in [6, 6.07) is 12.6. The van der Waals surface area contributed by atoms with Crippen molar-refractivity contribution in [3.05, 3.63) is 65.9 Å². The molecule has 1 unspecified atom stereocenters. The van der Waals surface area contributed by atoms with Crippen LogP contribution in [0.2, 0.25) is 0 Å². The third-order valence-corrected chi connectivity index (χ3v) is 7.20. The van der Waals surface area contributed by atoms with Gasteiger partial charge < -0.3 is 28.8 Å². The Morgan fingerprint density at radius 1 is 0.929 bits per heavy atom. The third kappa shape index (κ3) is 6.92. The maximum atomic E-state index is 13.2. The molecule has 0 amide bonds. The van der Waals surface area contributed by atoms with Crippen molar-refractivity contribution >= 4 is 0 Å². The first kappa shape index (κ1) is 31.8. The van der Waals surface area contributed by atoms with Crippen LogP contribution < -0.4 is 4.74 Å². The zero-order chi connectivity index (χ0) is 30.7. The van der Waals surface area contributed by atoms with Gasteiger partial charge in [0.15, 0.2) is 6.29 Å². The molecule has 5 rings (SSSR count). The average molecular weight is 601 g/mol. The first-order valence-electron chi connectivity index (χ1n) is 13.2. The van der Waals surface area contributed by atoms with Gasteiger partial charge in [-0.25, -0.2) is 4.68 Å². The second kappa shape index (κ2) is 13.0. The lowest BCUT2D eigenvalue weighted by Crippen LogP contribution is -2.50. The summed E-state index contributed by atoms with van der Waals surface area (Å²) >= 11 is 0. The van der Waals surface area contributed by atoms with Crippen LogP contribution in [-0.4, -0.2) is 79.2 Å². The van der Waals surface area contributed by atoms with E-state index in [9.17, 15) is 22.0 Å². The molecule has 0 radical (unpaired) electrons. The molecule has 1 aliphatic carbocycles. The van der Waals surface area contributed by atoms with E-state index in [1.807, 2.05) is 19.1 Å². The molecule has 3 aromatic rings. The van der Waals surface area contributed by atoms with Gasteiger partial charge in [-0.1, -0.05) is 12.1 Å². The molecule has 1 saturated heterocycles. The fraction of sp³-hybridized carbons (Fsp3) is 0.483. The van der Waals surface area contributed by atoms with Gasteiger partial charge in [-0.15, -0.1) is 0 Å². The van der Waals surface area contributed by atoms with E-state index in [1.54, 1.807) is 26.5 Å². The molecule has 1 fully saturated rings. The summed E-state index contributed by atoms with van der Waals surface area (Å²) in [7, 11) is 4.30. The van der Waals surface area contributed by atoms with Gasteiger partial charge in [-0.2, -0.15) is 27.1 Å². The van der Waals surface area contributed by atoms with Crippen LogP contribution in [-0.2, 0) is 31.8 Å². The molecule has 1 N–H and O–H groups in total. The Balaban J connectivity index is 0.00000198. The SMILES string of the molecule is CO.CO[C@H]1[C@H](C)O[C@@H](OC2Cc3ccc(-c4ccn(-c5ccc(OC(F)(F)C(F)(F)F)cc5)n4)cc3C2)C[C@@H]1OC. The van der Waals surface area contributed by atoms with Gasteiger partial charge in [0.2, 0.25) is 0 Å². The molecule has 0 saturated carbocycles. The standard InChI is InChI=1S/C28H29F5N2O5.CH4O/c1-16-26(37-3)24(36-2)15-25(38-16)39-22-13-17-4-5-18(12-19(17)14-22)23-10-11-35(34-23)20-6-8-21(9-7-20)40-28(32,33)27(29,30)31;1-2/h4-12,16,22,24-26H,13-15H2,1-3H3;2H,1H3/t16-,22?,24-,25-,26-;/m0./s1. The van der Waals surface area contributed by atoms with Crippen LogP contribution >= 0.6 is 0 Å². The molecular formula is C29H33F5N2O6. The number of fused-ring (bicyclic) bond motifs is 1. The topological polar surface area (TPSA) is 84.2 Å². The van der Waals surface area contributed by atoms with E-state index in [4.69, 9.17) is 24.1 Å². The van der Waals surface area contributed by atoms with Crippen molar-refractivity contribution in [2.45, 2.75) is 69.2 Å². The molecule has 2 aromatic carbocycles. The fourth-order valence-corrected chi connectivity index (χ4v) is 5.20. The van der Waals surface area contributed by atoms with Gasteiger partial charge in [0, 0.05) is 39.5 Å². The number of hydrogen-bond acceptors (Lipinski definition) is 7. The summed E-state index contributed by atoms with van der Waals surface area (Å²) in [5, 5.41) is 11.5. The second-order valence-electron chi connectivity index (χ2n) is 9.89. The lowest BCUT2D eigenvalue weighted by atomic mass is 10.0. The van der Waals surface area contributed by atoms with Gasteiger partial charge in [0.05, 0.1) is 29.7 Å². The first-order valence-corrected chi connectivity index (χ1v) is 13.2. The Morgan fingerprint density at radius 2 is 1.62 bits per heavy atom. The molecular weight excluding hydrogens is 567 g/mol. The van der Waals surface area contributed by atoms with E-state index in [-0.39, 0.29) is 24.4 Å². The van der Waals surface area contributed by atoms with Gasteiger partial charge >= 0.3 is 12.3 Å².